The second kappa shape index (κ2) is 8.49. The molecular formula is C25H28ClFN4O. The fourth-order valence-corrected chi connectivity index (χ4v) is 5.43. The molecule has 2 heterocycles. The number of nitrogens with zero attached hydrogens (tertiary/aromatic N) is 3. The fourth-order valence-electron chi connectivity index (χ4n) is 5.27. The molecule has 2 fully saturated rings. The summed E-state index contributed by atoms with van der Waals surface area (Å²) < 4.78 is 16.5. The van der Waals surface area contributed by atoms with E-state index in [4.69, 9.17) is 16.6 Å². The number of benzene rings is 2. The maximum absolute atomic E-state index is 14.3. The minimum absolute atomic E-state index is 0.0208. The Balaban J connectivity index is 1.58. The molecule has 0 spiro atoms. The number of imidazole rings is 1. The van der Waals surface area contributed by atoms with E-state index in [1.165, 1.54) is 12.1 Å². The van der Waals surface area contributed by atoms with Gasteiger partial charge < -0.3 is 14.8 Å². The van der Waals surface area contributed by atoms with Gasteiger partial charge >= 0.3 is 0 Å². The number of nitrogens with one attached hydrogen (secondary N) is 1. The molecule has 1 saturated carbocycles. The van der Waals surface area contributed by atoms with E-state index in [-0.39, 0.29) is 17.8 Å². The minimum atomic E-state index is -0.336. The van der Waals surface area contributed by atoms with Gasteiger partial charge in [-0.05, 0) is 80.1 Å². The van der Waals surface area contributed by atoms with Crippen molar-refractivity contribution in [2.45, 2.75) is 57.0 Å². The van der Waals surface area contributed by atoms with Crippen LogP contribution in [0, 0.1) is 5.82 Å². The molecule has 0 radical (unpaired) electrons. The number of rotatable bonds is 6. The molecule has 5 nitrogen and oxygen atoms in total. The standard InChI is InChI=1S/C25H28ClFN4O/c1-25(9-2-10-25)20-5-4-18(27)14-23(20)30(16-32)15-24-29-21-13-17(26)3-6-22(21)31(24)19-7-11-28-12-8-19/h3-6,13-14,16,19,28H,2,7-12,15H2,1H3. The van der Waals surface area contributed by atoms with Gasteiger partial charge in [-0.1, -0.05) is 31.0 Å². The summed E-state index contributed by atoms with van der Waals surface area (Å²) in [7, 11) is 0. The zero-order chi connectivity index (χ0) is 22.3. The summed E-state index contributed by atoms with van der Waals surface area (Å²) in [6.07, 6.45) is 6.03. The van der Waals surface area contributed by atoms with E-state index < -0.39 is 0 Å². The zero-order valence-electron chi connectivity index (χ0n) is 18.3. The van der Waals surface area contributed by atoms with Crippen molar-refractivity contribution in [3.05, 3.63) is 58.6 Å². The average Bonchev–Trinajstić information content (AvgIpc) is 3.13. The number of carbonyl (C=O) groups is 1. The number of aromatic nitrogens is 2. The molecule has 0 atom stereocenters. The molecule has 5 rings (SSSR count). The molecule has 1 aliphatic carbocycles. The van der Waals surface area contributed by atoms with Crippen molar-refractivity contribution < 1.29 is 9.18 Å². The molecule has 1 aromatic heterocycles. The fraction of sp³-hybridized carbons (Fsp3) is 0.440. The van der Waals surface area contributed by atoms with Crippen LogP contribution in [0.15, 0.2) is 36.4 Å². The van der Waals surface area contributed by atoms with Crippen LogP contribution in [0.1, 0.15) is 56.5 Å². The number of piperidine rings is 1. The van der Waals surface area contributed by atoms with Gasteiger partial charge in [0, 0.05) is 11.1 Å². The Morgan fingerprint density at radius 1 is 1.25 bits per heavy atom. The van der Waals surface area contributed by atoms with Crippen molar-refractivity contribution >= 4 is 34.7 Å². The quantitative estimate of drug-likeness (QED) is 0.510. The molecule has 1 aliphatic heterocycles. The van der Waals surface area contributed by atoms with Crippen LogP contribution in [0.4, 0.5) is 10.1 Å². The molecule has 3 aromatic rings. The van der Waals surface area contributed by atoms with E-state index >= 15 is 0 Å². The maximum atomic E-state index is 14.3. The van der Waals surface area contributed by atoms with Crippen molar-refractivity contribution in [1.29, 1.82) is 0 Å². The van der Waals surface area contributed by atoms with Crippen LogP contribution >= 0.6 is 11.6 Å². The third-order valence-electron chi connectivity index (χ3n) is 7.21. The lowest BCUT2D eigenvalue weighted by atomic mass is 9.65. The van der Waals surface area contributed by atoms with Crippen LogP contribution in [0.2, 0.25) is 5.02 Å². The number of hydrogen-bond donors (Lipinski definition) is 1. The van der Waals surface area contributed by atoms with E-state index in [0.717, 1.165) is 74.0 Å². The Labute approximate surface area is 192 Å². The lowest BCUT2D eigenvalue weighted by molar-refractivity contribution is -0.107. The monoisotopic (exact) mass is 454 g/mol. The lowest BCUT2D eigenvalue weighted by Crippen LogP contribution is -2.34. The van der Waals surface area contributed by atoms with E-state index in [0.29, 0.717) is 16.8 Å². The van der Waals surface area contributed by atoms with Crippen LogP contribution in [-0.4, -0.2) is 29.1 Å². The Bertz CT molecular complexity index is 1150. The molecule has 1 N–H and O–H groups in total. The highest BCUT2D eigenvalue weighted by Crippen LogP contribution is 2.47. The van der Waals surface area contributed by atoms with Crippen molar-refractivity contribution in [3.63, 3.8) is 0 Å². The Hall–Kier alpha value is -2.44. The Kier molecular flexibility index (Phi) is 5.68. The predicted molar refractivity (Wildman–Crippen MR) is 126 cm³/mol. The number of carbonyl (C=O) groups excluding carboxylic acids is 1. The van der Waals surface area contributed by atoms with Crippen molar-refractivity contribution in [1.82, 2.24) is 14.9 Å². The first-order valence-electron chi connectivity index (χ1n) is 11.4. The van der Waals surface area contributed by atoms with E-state index in [1.54, 1.807) is 4.90 Å². The molecule has 2 aromatic carbocycles. The SMILES string of the molecule is CC1(c2ccc(F)cc2N(C=O)Cc2nc3cc(Cl)ccc3n2C2CCNCC2)CCC1. The van der Waals surface area contributed by atoms with Gasteiger partial charge in [0.15, 0.2) is 0 Å². The lowest BCUT2D eigenvalue weighted by Gasteiger charge is -2.41. The number of anilines is 1. The van der Waals surface area contributed by atoms with E-state index in [1.807, 2.05) is 24.3 Å². The van der Waals surface area contributed by atoms with Gasteiger partial charge in [-0.25, -0.2) is 9.37 Å². The topological polar surface area (TPSA) is 50.2 Å². The van der Waals surface area contributed by atoms with Gasteiger partial charge in [-0.15, -0.1) is 0 Å². The summed E-state index contributed by atoms with van der Waals surface area (Å²) in [6, 6.07) is 10.9. The Morgan fingerprint density at radius 2 is 2.03 bits per heavy atom. The summed E-state index contributed by atoms with van der Waals surface area (Å²) in [5, 5.41) is 4.05. The van der Waals surface area contributed by atoms with Crippen molar-refractivity contribution in [3.8, 4) is 0 Å². The first-order valence-corrected chi connectivity index (χ1v) is 11.8. The normalized spacial score (nSPS) is 18.5. The number of hydrogen-bond acceptors (Lipinski definition) is 3. The summed E-state index contributed by atoms with van der Waals surface area (Å²) >= 11 is 6.24. The largest absolute Gasteiger partial charge is 0.323 e. The van der Waals surface area contributed by atoms with Crippen LogP contribution in [0.5, 0.6) is 0 Å². The molecule has 1 amide bonds. The highest BCUT2D eigenvalue weighted by atomic mass is 35.5. The number of amides is 1. The molecule has 7 heteroatoms. The highest BCUT2D eigenvalue weighted by Gasteiger charge is 2.36. The van der Waals surface area contributed by atoms with Gasteiger partial charge in [0.25, 0.3) is 0 Å². The van der Waals surface area contributed by atoms with Gasteiger partial charge in [-0.2, -0.15) is 0 Å². The molecule has 2 aliphatic rings. The zero-order valence-corrected chi connectivity index (χ0v) is 19.0. The molecule has 1 saturated heterocycles. The summed E-state index contributed by atoms with van der Waals surface area (Å²) in [5.41, 5.74) is 3.50. The first-order chi connectivity index (χ1) is 15.5. The van der Waals surface area contributed by atoms with Crippen LogP contribution in [0.25, 0.3) is 11.0 Å². The molecule has 32 heavy (non-hydrogen) atoms. The smallest absolute Gasteiger partial charge is 0.214 e. The predicted octanol–water partition coefficient (Wildman–Crippen LogP) is 5.36. The number of halogens is 2. The summed E-state index contributed by atoms with van der Waals surface area (Å²) in [6.45, 7) is 4.37. The Morgan fingerprint density at radius 3 is 2.72 bits per heavy atom. The highest BCUT2D eigenvalue weighted by molar-refractivity contribution is 6.31. The minimum Gasteiger partial charge on any atom is -0.323 e. The number of fused-ring (bicyclic) bond motifs is 1. The summed E-state index contributed by atoms with van der Waals surface area (Å²) in [5.74, 6) is 0.465. The first kappa shape index (κ1) is 21.4. The van der Waals surface area contributed by atoms with E-state index in [9.17, 15) is 9.18 Å². The van der Waals surface area contributed by atoms with Crippen LogP contribution in [0.3, 0.4) is 0 Å². The second-order valence-electron chi connectivity index (χ2n) is 9.32. The van der Waals surface area contributed by atoms with E-state index in [2.05, 4.69) is 16.8 Å². The molecular weight excluding hydrogens is 427 g/mol. The van der Waals surface area contributed by atoms with Crippen LogP contribution in [-0.2, 0) is 16.8 Å². The summed E-state index contributed by atoms with van der Waals surface area (Å²) in [4.78, 5) is 18.8. The third kappa shape index (κ3) is 3.80. The maximum Gasteiger partial charge on any atom is 0.214 e. The average molecular weight is 455 g/mol. The van der Waals surface area contributed by atoms with Crippen molar-refractivity contribution in [2.75, 3.05) is 18.0 Å². The molecule has 0 unspecified atom stereocenters. The van der Waals surface area contributed by atoms with Gasteiger partial charge in [0.2, 0.25) is 6.41 Å². The third-order valence-corrected chi connectivity index (χ3v) is 7.45. The van der Waals surface area contributed by atoms with Crippen LogP contribution < -0.4 is 10.2 Å². The van der Waals surface area contributed by atoms with Gasteiger partial charge in [0.1, 0.15) is 11.6 Å². The van der Waals surface area contributed by atoms with Gasteiger partial charge in [-0.3, -0.25) is 4.79 Å². The molecule has 0 bridgehead atoms. The molecule has 168 valence electrons. The van der Waals surface area contributed by atoms with Gasteiger partial charge in [0.05, 0.1) is 23.3 Å². The second-order valence-corrected chi connectivity index (χ2v) is 9.76. The van der Waals surface area contributed by atoms with Crippen molar-refractivity contribution in [2.24, 2.45) is 0 Å².